The van der Waals surface area contributed by atoms with Crippen LogP contribution in [0.3, 0.4) is 0 Å². The van der Waals surface area contributed by atoms with Gasteiger partial charge in [-0.15, -0.1) is 0 Å². The number of hydrogen-bond acceptors (Lipinski definition) is 5. The Morgan fingerprint density at radius 3 is 2.56 bits per heavy atom. The van der Waals surface area contributed by atoms with Gasteiger partial charge in [0.1, 0.15) is 11.3 Å². The molecule has 146 valence electrons. The maximum Gasteiger partial charge on any atom is 0.246 e. The first kappa shape index (κ1) is 19.4. The zero-order chi connectivity index (χ0) is 19.1. The van der Waals surface area contributed by atoms with Gasteiger partial charge in [0.2, 0.25) is 5.91 Å². The van der Waals surface area contributed by atoms with Gasteiger partial charge in [0.05, 0.1) is 20.0 Å². The van der Waals surface area contributed by atoms with Gasteiger partial charge in [0.15, 0.2) is 0 Å². The predicted molar refractivity (Wildman–Crippen MR) is 103 cm³/mol. The number of hydrogen-bond donors (Lipinski definition) is 1. The average molecular weight is 372 g/mol. The zero-order valence-corrected chi connectivity index (χ0v) is 16.1. The van der Waals surface area contributed by atoms with Gasteiger partial charge in [-0.25, -0.2) is 4.98 Å². The van der Waals surface area contributed by atoms with Gasteiger partial charge in [-0.1, -0.05) is 12.1 Å². The van der Waals surface area contributed by atoms with Crippen molar-refractivity contribution in [2.24, 2.45) is 0 Å². The third-order valence-corrected chi connectivity index (χ3v) is 5.26. The number of amides is 1. The van der Waals surface area contributed by atoms with Crippen molar-refractivity contribution in [3.63, 3.8) is 0 Å². The smallest absolute Gasteiger partial charge is 0.246 e. The monoisotopic (exact) mass is 372 g/mol. The SMILES string of the molecule is COCCNC(=O)C1(n2ccnc2)CCN(Cc2ccc(OC)cc2)CC1. The highest BCUT2D eigenvalue weighted by molar-refractivity contribution is 5.84. The van der Waals surface area contributed by atoms with Crippen molar-refractivity contribution in [2.45, 2.75) is 24.9 Å². The van der Waals surface area contributed by atoms with Crippen LogP contribution >= 0.6 is 0 Å². The second kappa shape index (κ2) is 9.01. The molecule has 1 fully saturated rings. The van der Waals surface area contributed by atoms with Crippen LogP contribution in [0, 0.1) is 0 Å². The second-order valence-electron chi connectivity index (χ2n) is 6.87. The average Bonchev–Trinajstić information content (AvgIpc) is 3.25. The normalized spacial score (nSPS) is 16.8. The Balaban J connectivity index is 1.65. The molecule has 2 heterocycles. The lowest BCUT2D eigenvalue weighted by atomic mass is 9.85. The summed E-state index contributed by atoms with van der Waals surface area (Å²) in [5, 5.41) is 3.01. The van der Waals surface area contributed by atoms with Gasteiger partial charge < -0.3 is 19.4 Å². The van der Waals surface area contributed by atoms with E-state index in [0.29, 0.717) is 13.2 Å². The predicted octanol–water partition coefficient (Wildman–Crippen LogP) is 1.65. The summed E-state index contributed by atoms with van der Waals surface area (Å²) in [6.07, 6.45) is 6.86. The number of carbonyl (C=O) groups is 1. The molecule has 3 rings (SSSR count). The van der Waals surface area contributed by atoms with Crippen molar-refractivity contribution in [1.29, 1.82) is 0 Å². The van der Waals surface area contributed by atoms with E-state index in [2.05, 4.69) is 27.3 Å². The van der Waals surface area contributed by atoms with E-state index >= 15 is 0 Å². The molecule has 7 nitrogen and oxygen atoms in total. The highest BCUT2D eigenvalue weighted by Crippen LogP contribution is 2.31. The molecule has 2 aromatic rings. The first-order valence-electron chi connectivity index (χ1n) is 9.29. The molecule has 1 aromatic heterocycles. The molecule has 1 amide bonds. The van der Waals surface area contributed by atoms with Gasteiger partial charge in [-0.3, -0.25) is 9.69 Å². The minimum Gasteiger partial charge on any atom is -0.497 e. The van der Waals surface area contributed by atoms with Crippen LogP contribution in [0.5, 0.6) is 5.75 Å². The molecule has 1 aromatic carbocycles. The molecule has 0 radical (unpaired) electrons. The summed E-state index contributed by atoms with van der Waals surface area (Å²) in [5.74, 6) is 0.908. The molecule has 1 N–H and O–H groups in total. The van der Waals surface area contributed by atoms with E-state index in [9.17, 15) is 4.79 Å². The van der Waals surface area contributed by atoms with Gasteiger partial charge in [0, 0.05) is 45.7 Å². The number of likely N-dealkylation sites (tertiary alicyclic amines) is 1. The summed E-state index contributed by atoms with van der Waals surface area (Å²) in [4.78, 5) is 19.5. The summed E-state index contributed by atoms with van der Waals surface area (Å²) in [6, 6.07) is 8.15. The van der Waals surface area contributed by atoms with Crippen molar-refractivity contribution < 1.29 is 14.3 Å². The summed E-state index contributed by atoms with van der Waals surface area (Å²) in [5.41, 5.74) is 0.663. The van der Waals surface area contributed by atoms with Gasteiger partial charge in [-0.2, -0.15) is 0 Å². The Kier molecular flexibility index (Phi) is 6.47. The van der Waals surface area contributed by atoms with Crippen molar-refractivity contribution in [2.75, 3.05) is 40.5 Å². The Labute approximate surface area is 160 Å². The number of benzene rings is 1. The highest BCUT2D eigenvalue weighted by atomic mass is 16.5. The molecule has 27 heavy (non-hydrogen) atoms. The van der Waals surface area contributed by atoms with Crippen LogP contribution in [0.2, 0.25) is 0 Å². The quantitative estimate of drug-likeness (QED) is 0.714. The number of methoxy groups -OCH3 is 2. The number of imidazole rings is 1. The lowest BCUT2D eigenvalue weighted by molar-refractivity contribution is -0.132. The molecule has 1 aliphatic heterocycles. The maximum atomic E-state index is 13.0. The van der Waals surface area contributed by atoms with Crippen LogP contribution in [0.1, 0.15) is 18.4 Å². The lowest BCUT2D eigenvalue weighted by Gasteiger charge is -2.41. The van der Waals surface area contributed by atoms with Crippen molar-refractivity contribution in [1.82, 2.24) is 19.8 Å². The van der Waals surface area contributed by atoms with E-state index in [1.165, 1.54) is 5.56 Å². The number of aromatic nitrogens is 2. The van der Waals surface area contributed by atoms with E-state index in [1.807, 2.05) is 22.9 Å². The highest BCUT2D eigenvalue weighted by Gasteiger charge is 2.42. The summed E-state index contributed by atoms with van der Waals surface area (Å²) < 4.78 is 12.2. The van der Waals surface area contributed by atoms with E-state index in [0.717, 1.165) is 38.2 Å². The molecular weight excluding hydrogens is 344 g/mol. The van der Waals surface area contributed by atoms with Crippen LogP contribution in [-0.2, 0) is 21.6 Å². The van der Waals surface area contributed by atoms with Crippen LogP contribution in [0.25, 0.3) is 0 Å². The topological polar surface area (TPSA) is 68.6 Å². The standard InChI is InChI=1S/C20H28N4O3/c1-26-14-10-22-19(25)20(24-13-9-21-16-24)7-11-23(12-8-20)15-17-3-5-18(27-2)6-4-17/h3-6,9,13,16H,7-8,10-12,14-15H2,1-2H3,(H,22,25). The molecule has 7 heteroatoms. The third kappa shape index (κ3) is 4.48. The molecule has 0 unspecified atom stereocenters. The van der Waals surface area contributed by atoms with E-state index in [1.54, 1.807) is 26.7 Å². The fourth-order valence-corrected chi connectivity index (χ4v) is 3.62. The molecule has 1 aliphatic rings. The fourth-order valence-electron chi connectivity index (χ4n) is 3.62. The molecular formula is C20H28N4O3. The molecule has 0 spiro atoms. The number of nitrogens with zero attached hydrogens (tertiary/aromatic N) is 3. The van der Waals surface area contributed by atoms with Crippen LogP contribution in [0.4, 0.5) is 0 Å². The Morgan fingerprint density at radius 1 is 1.22 bits per heavy atom. The van der Waals surface area contributed by atoms with Crippen molar-refractivity contribution >= 4 is 5.91 Å². The Bertz CT molecular complexity index is 707. The van der Waals surface area contributed by atoms with E-state index in [-0.39, 0.29) is 5.91 Å². The second-order valence-corrected chi connectivity index (χ2v) is 6.87. The third-order valence-electron chi connectivity index (χ3n) is 5.26. The lowest BCUT2D eigenvalue weighted by Crippen LogP contribution is -2.55. The molecule has 0 saturated carbocycles. The van der Waals surface area contributed by atoms with Crippen LogP contribution in [0.15, 0.2) is 43.0 Å². The van der Waals surface area contributed by atoms with E-state index < -0.39 is 5.54 Å². The number of ether oxygens (including phenoxy) is 2. The Hall–Kier alpha value is -2.38. The van der Waals surface area contributed by atoms with E-state index in [4.69, 9.17) is 9.47 Å². The maximum absolute atomic E-state index is 13.0. The first-order valence-corrected chi connectivity index (χ1v) is 9.29. The minimum absolute atomic E-state index is 0.0432. The summed E-state index contributed by atoms with van der Waals surface area (Å²) in [7, 11) is 3.31. The minimum atomic E-state index is -0.583. The molecule has 1 saturated heterocycles. The zero-order valence-electron chi connectivity index (χ0n) is 16.1. The van der Waals surface area contributed by atoms with Crippen LogP contribution < -0.4 is 10.1 Å². The molecule has 0 aliphatic carbocycles. The molecule has 0 atom stereocenters. The van der Waals surface area contributed by atoms with Gasteiger partial charge in [-0.05, 0) is 30.5 Å². The van der Waals surface area contributed by atoms with Gasteiger partial charge in [0.25, 0.3) is 0 Å². The number of nitrogens with one attached hydrogen (secondary N) is 1. The van der Waals surface area contributed by atoms with Crippen molar-refractivity contribution in [3.05, 3.63) is 48.5 Å². The van der Waals surface area contributed by atoms with Crippen molar-refractivity contribution in [3.8, 4) is 5.75 Å². The Morgan fingerprint density at radius 2 is 1.96 bits per heavy atom. The number of piperidine rings is 1. The number of rotatable bonds is 8. The fraction of sp³-hybridized carbons (Fsp3) is 0.500. The first-order chi connectivity index (χ1) is 13.2. The largest absolute Gasteiger partial charge is 0.497 e. The summed E-state index contributed by atoms with van der Waals surface area (Å²) in [6.45, 7) is 3.59. The number of carbonyl (C=O) groups excluding carboxylic acids is 1. The molecule has 0 bridgehead atoms. The van der Waals surface area contributed by atoms with Gasteiger partial charge >= 0.3 is 0 Å². The van der Waals surface area contributed by atoms with Crippen LogP contribution in [-0.4, -0.2) is 60.8 Å². The summed E-state index contributed by atoms with van der Waals surface area (Å²) >= 11 is 0.